The summed E-state index contributed by atoms with van der Waals surface area (Å²) >= 11 is 0. The molecule has 1 N–H and O–H groups in total. The predicted octanol–water partition coefficient (Wildman–Crippen LogP) is 3.67. The molecule has 3 saturated carbocycles. The van der Waals surface area contributed by atoms with E-state index in [2.05, 4.69) is 6.92 Å². The minimum absolute atomic E-state index is 0.00538. The number of aliphatic hydroxyl groups excluding tert-OH is 1. The molecule has 1 saturated heterocycles. The van der Waals surface area contributed by atoms with Crippen LogP contribution < -0.4 is 0 Å². The molecule has 0 aromatic carbocycles. The molecule has 0 aromatic rings. The van der Waals surface area contributed by atoms with Gasteiger partial charge in [0, 0.05) is 31.3 Å². The third-order valence-corrected chi connectivity index (χ3v) is 8.74. The van der Waals surface area contributed by atoms with Crippen molar-refractivity contribution in [1.82, 2.24) is 0 Å². The zero-order chi connectivity index (χ0) is 18.8. The number of hydrogen-bond acceptors (Lipinski definition) is 4. The second kappa shape index (κ2) is 6.43. The molecule has 148 valence electrons. The topological polar surface area (TPSA) is 63.6 Å². The van der Waals surface area contributed by atoms with Gasteiger partial charge >= 0.3 is 5.97 Å². The molecule has 4 heteroatoms. The van der Waals surface area contributed by atoms with Crippen LogP contribution in [-0.4, -0.2) is 29.6 Å². The minimum Gasteiger partial charge on any atom is -0.462 e. The van der Waals surface area contributed by atoms with Gasteiger partial charge in [-0.1, -0.05) is 12.5 Å². The highest BCUT2D eigenvalue weighted by Crippen LogP contribution is 2.64. The van der Waals surface area contributed by atoms with Crippen LogP contribution in [0.4, 0.5) is 0 Å². The van der Waals surface area contributed by atoms with E-state index in [0.29, 0.717) is 47.8 Å². The molecule has 5 rings (SSSR count). The molecule has 0 bridgehead atoms. The molecule has 27 heavy (non-hydrogen) atoms. The number of aliphatic hydroxyl groups is 1. The second-order valence-electron chi connectivity index (χ2n) is 10.2. The summed E-state index contributed by atoms with van der Waals surface area (Å²) in [5, 5.41) is 10.1. The average molecular weight is 373 g/mol. The van der Waals surface area contributed by atoms with Crippen LogP contribution in [-0.2, 0) is 14.3 Å². The first-order valence-corrected chi connectivity index (χ1v) is 11.0. The SMILES string of the molecule is C[C@@]12CCCC(=O)O[C@@H]3C[C@@H]3C1C1CC(CO)C3=CC(=O)CCC3C1CC2. The number of carbonyl (C=O) groups excluding carboxylic acids is 2. The van der Waals surface area contributed by atoms with E-state index in [0.717, 1.165) is 32.1 Å². The van der Waals surface area contributed by atoms with Gasteiger partial charge in [-0.15, -0.1) is 0 Å². The molecule has 0 spiro atoms. The van der Waals surface area contributed by atoms with Gasteiger partial charge < -0.3 is 9.84 Å². The Labute approximate surface area is 161 Å². The maximum absolute atomic E-state index is 12.0. The van der Waals surface area contributed by atoms with Crippen molar-refractivity contribution < 1.29 is 19.4 Å². The molecule has 0 aromatic heterocycles. The number of hydrogen-bond donors (Lipinski definition) is 1. The predicted molar refractivity (Wildman–Crippen MR) is 101 cm³/mol. The van der Waals surface area contributed by atoms with Crippen LogP contribution >= 0.6 is 0 Å². The highest BCUT2D eigenvalue weighted by atomic mass is 16.5. The van der Waals surface area contributed by atoms with Crippen LogP contribution in [0.3, 0.4) is 0 Å². The lowest BCUT2D eigenvalue weighted by molar-refractivity contribution is -0.145. The van der Waals surface area contributed by atoms with E-state index in [1.807, 2.05) is 6.08 Å². The Kier molecular flexibility index (Phi) is 4.27. The number of ether oxygens (including phenoxy) is 1. The number of rotatable bonds is 1. The highest BCUT2D eigenvalue weighted by molar-refractivity contribution is 5.91. The summed E-state index contributed by atoms with van der Waals surface area (Å²) in [6, 6.07) is 0. The largest absolute Gasteiger partial charge is 0.462 e. The average Bonchev–Trinajstić information content (AvgIpc) is 3.37. The van der Waals surface area contributed by atoms with Crippen molar-refractivity contribution in [2.45, 2.75) is 70.8 Å². The van der Waals surface area contributed by atoms with Crippen LogP contribution in [0.15, 0.2) is 11.6 Å². The van der Waals surface area contributed by atoms with Gasteiger partial charge in [0.25, 0.3) is 0 Å². The number of esters is 1. The van der Waals surface area contributed by atoms with Crippen molar-refractivity contribution >= 4 is 11.8 Å². The summed E-state index contributed by atoms with van der Waals surface area (Å²) in [5.41, 5.74) is 1.54. The fourth-order valence-electron chi connectivity index (χ4n) is 7.53. The van der Waals surface area contributed by atoms with E-state index in [1.54, 1.807) is 0 Å². The van der Waals surface area contributed by atoms with Crippen molar-refractivity contribution in [1.29, 1.82) is 0 Å². The molecule has 5 aliphatic rings. The maximum Gasteiger partial charge on any atom is 0.306 e. The second-order valence-corrected chi connectivity index (χ2v) is 10.2. The van der Waals surface area contributed by atoms with Gasteiger partial charge in [-0.25, -0.2) is 0 Å². The number of carbonyl (C=O) groups is 2. The Morgan fingerprint density at radius 1 is 1.11 bits per heavy atom. The molecule has 4 nitrogen and oxygen atoms in total. The Hall–Kier alpha value is -1.16. The first-order valence-electron chi connectivity index (χ1n) is 11.0. The molecule has 1 aliphatic heterocycles. The Bertz CT molecular complexity index is 682. The van der Waals surface area contributed by atoms with Gasteiger partial charge in [0.05, 0.1) is 0 Å². The van der Waals surface area contributed by atoms with Crippen molar-refractivity contribution in [2.75, 3.05) is 6.61 Å². The number of allylic oxidation sites excluding steroid dienone is 1. The summed E-state index contributed by atoms with van der Waals surface area (Å²) in [6.07, 6.45) is 10.8. The molecule has 1 heterocycles. The van der Waals surface area contributed by atoms with Crippen molar-refractivity contribution in [2.24, 2.45) is 40.9 Å². The lowest BCUT2D eigenvalue weighted by Crippen LogP contribution is -2.50. The smallest absolute Gasteiger partial charge is 0.306 e. The molecule has 0 radical (unpaired) electrons. The van der Waals surface area contributed by atoms with Crippen molar-refractivity contribution in [3.8, 4) is 0 Å². The number of fused-ring (bicyclic) bond motifs is 7. The quantitative estimate of drug-likeness (QED) is 0.714. The number of ketones is 1. The van der Waals surface area contributed by atoms with Crippen molar-refractivity contribution in [3.63, 3.8) is 0 Å². The summed E-state index contributed by atoms with van der Waals surface area (Å²) in [6.45, 7) is 2.62. The van der Waals surface area contributed by atoms with E-state index >= 15 is 0 Å². The van der Waals surface area contributed by atoms with Crippen LogP contribution in [0.25, 0.3) is 0 Å². The van der Waals surface area contributed by atoms with Gasteiger partial charge in [0.15, 0.2) is 5.78 Å². The molecule has 0 amide bonds. The Balaban J connectivity index is 1.49. The molecule has 4 aliphatic carbocycles. The fraction of sp³-hybridized carbons (Fsp3) is 0.826. The van der Waals surface area contributed by atoms with Crippen LogP contribution in [0, 0.1) is 40.9 Å². The zero-order valence-corrected chi connectivity index (χ0v) is 16.4. The zero-order valence-electron chi connectivity index (χ0n) is 16.4. The van der Waals surface area contributed by atoms with E-state index in [9.17, 15) is 14.7 Å². The lowest BCUT2D eigenvalue weighted by Gasteiger charge is -2.57. The third kappa shape index (κ3) is 2.90. The van der Waals surface area contributed by atoms with Crippen molar-refractivity contribution in [3.05, 3.63) is 11.6 Å². The molecule has 5 unspecified atom stereocenters. The van der Waals surface area contributed by atoms with E-state index in [4.69, 9.17) is 4.74 Å². The van der Waals surface area contributed by atoms with Gasteiger partial charge in [-0.2, -0.15) is 0 Å². The molecule has 4 fully saturated rings. The third-order valence-electron chi connectivity index (χ3n) is 8.74. The first-order chi connectivity index (χ1) is 13.0. The summed E-state index contributed by atoms with van der Waals surface area (Å²) in [4.78, 5) is 24.1. The van der Waals surface area contributed by atoms with E-state index < -0.39 is 0 Å². The summed E-state index contributed by atoms with van der Waals surface area (Å²) < 4.78 is 5.75. The van der Waals surface area contributed by atoms with Crippen LogP contribution in [0.5, 0.6) is 0 Å². The van der Waals surface area contributed by atoms with Crippen LogP contribution in [0.1, 0.15) is 64.7 Å². The van der Waals surface area contributed by atoms with E-state index in [-0.39, 0.29) is 30.4 Å². The maximum atomic E-state index is 12.0. The van der Waals surface area contributed by atoms with Crippen LogP contribution in [0.2, 0.25) is 0 Å². The van der Waals surface area contributed by atoms with E-state index in [1.165, 1.54) is 18.4 Å². The highest BCUT2D eigenvalue weighted by Gasteiger charge is 2.60. The van der Waals surface area contributed by atoms with Gasteiger partial charge in [-0.3, -0.25) is 9.59 Å². The standard InChI is InChI=1S/C23H32O4/c1-23-7-2-3-21(26)27-20-11-19(20)22(23)18-9-13(12-24)17-10-14(25)4-5-15(17)16(18)6-8-23/h10,13,15-16,18-20,22,24H,2-9,11-12H2,1H3/t13?,15?,16?,18?,19-,20+,22?,23-/m0/s1. The molecular formula is C23H32O4. The normalized spacial score (nSPS) is 49.1. The fourth-order valence-corrected chi connectivity index (χ4v) is 7.53. The lowest BCUT2D eigenvalue weighted by atomic mass is 9.48. The summed E-state index contributed by atoms with van der Waals surface area (Å²) in [5.74, 6) is 3.22. The summed E-state index contributed by atoms with van der Waals surface area (Å²) in [7, 11) is 0. The van der Waals surface area contributed by atoms with Gasteiger partial charge in [0.2, 0.25) is 0 Å². The first kappa shape index (κ1) is 17.9. The minimum atomic E-state index is -0.00538. The van der Waals surface area contributed by atoms with Gasteiger partial charge in [0.1, 0.15) is 6.10 Å². The molecular weight excluding hydrogens is 340 g/mol. The monoisotopic (exact) mass is 372 g/mol. The molecule has 8 atom stereocenters. The van der Waals surface area contributed by atoms with Gasteiger partial charge in [-0.05, 0) is 80.1 Å². The Morgan fingerprint density at radius 2 is 1.96 bits per heavy atom. The Morgan fingerprint density at radius 3 is 2.78 bits per heavy atom.